The second kappa shape index (κ2) is 4.73. The summed E-state index contributed by atoms with van der Waals surface area (Å²) in [4.78, 5) is 15.2. The Morgan fingerprint density at radius 2 is 2.41 bits per heavy atom. The number of anilines is 1. The van der Waals surface area contributed by atoms with Crippen LogP contribution < -0.4 is 11.4 Å². The number of nitrogens with two attached hydrogens (primary N) is 1. The monoisotopic (exact) mass is 305 g/mol. The summed E-state index contributed by atoms with van der Waals surface area (Å²) in [7, 11) is 0. The highest BCUT2D eigenvalue weighted by atomic mass is 79.9. The molecule has 2 heterocycles. The van der Waals surface area contributed by atoms with E-state index >= 15 is 0 Å². The van der Waals surface area contributed by atoms with Gasteiger partial charge >= 0.3 is 5.69 Å². The molecule has 1 aliphatic rings. The van der Waals surface area contributed by atoms with Crippen molar-refractivity contribution in [1.29, 1.82) is 0 Å². The number of halogens is 1. The van der Waals surface area contributed by atoms with Gasteiger partial charge in [-0.15, -0.1) is 0 Å². The molecule has 1 fully saturated rings. The first-order valence-corrected chi connectivity index (χ1v) is 5.80. The summed E-state index contributed by atoms with van der Waals surface area (Å²) in [5.41, 5.74) is 4.86. The quantitative estimate of drug-likeness (QED) is 0.662. The third-order valence-electron chi connectivity index (χ3n) is 2.58. The zero-order valence-corrected chi connectivity index (χ0v) is 10.4. The minimum absolute atomic E-state index is 0.0810. The second-order valence-corrected chi connectivity index (χ2v) is 4.65. The number of aliphatic hydroxyl groups is 2. The molecule has 7 nitrogen and oxygen atoms in total. The van der Waals surface area contributed by atoms with Gasteiger partial charge in [-0.3, -0.25) is 4.57 Å². The average Bonchev–Trinajstić information content (AvgIpc) is 2.65. The van der Waals surface area contributed by atoms with Gasteiger partial charge in [0.2, 0.25) is 0 Å². The normalized spacial score (nSPS) is 28.5. The van der Waals surface area contributed by atoms with E-state index in [-0.39, 0.29) is 18.8 Å². The highest BCUT2D eigenvalue weighted by molar-refractivity contribution is 9.10. The van der Waals surface area contributed by atoms with Crippen LogP contribution in [-0.2, 0) is 4.74 Å². The Balaban J connectivity index is 2.35. The second-order valence-electron chi connectivity index (χ2n) is 3.80. The molecule has 0 radical (unpaired) electrons. The van der Waals surface area contributed by atoms with Gasteiger partial charge in [-0.2, -0.15) is 4.98 Å². The highest BCUT2D eigenvalue weighted by Crippen LogP contribution is 2.28. The zero-order valence-electron chi connectivity index (χ0n) is 8.78. The summed E-state index contributed by atoms with van der Waals surface area (Å²) in [6.45, 7) is -0.202. The minimum atomic E-state index is -0.859. The van der Waals surface area contributed by atoms with Gasteiger partial charge in [0.05, 0.1) is 17.2 Å². The summed E-state index contributed by atoms with van der Waals surface area (Å²) in [5.74, 6) is 0.0810. The number of nitrogen functional groups attached to an aromatic ring is 1. The molecule has 1 saturated heterocycles. The van der Waals surface area contributed by atoms with Gasteiger partial charge < -0.3 is 20.7 Å². The molecule has 8 heteroatoms. The Morgan fingerprint density at radius 1 is 1.71 bits per heavy atom. The number of hydrogen-bond acceptors (Lipinski definition) is 6. The van der Waals surface area contributed by atoms with Crippen molar-refractivity contribution >= 4 is 21.7 Å². The first-order valence-electron chi connectivity index (χ1n) is 5.01. The predicted molar refractivity (Wildman–Crippen MR) is 62.2 cm³/mol. The van der Waals surface area contributed by atoms with Crippen molar-refractivity contribution < 1.29 is 14.9 Å². The summed E-state index contributed by atoms with van der Waals surface area (Å²) in [6.07, 6.45) is -0.488. The first-order chi connectivity index (χ1) is 8.02. The van der Waals surface area contributed by atoms with Gasteiger partial charge in [-0.1, -0.05) is 0 Å². The molecule has 0 amide bonds. The van der Waals surface area contributed by atoms with Gasteiger partial charge in [0, 0.05) is 12.6 Å². The molecule has 0 aromatic carbocycles. The van der Waals surface area contributed by atoms with Crippen LogP contribution in [0.5, 0.6) is 0 Å². The number of aliphatic hydroxyl groups excluding tert-OH is 2. The molecule has 0 unspecified atom stereocenters. The molecule has 0 aliphatic carbocycles. The molecule has 1 aromatic rings. The van der Waals surface area contributed by atoms with Crippen molar-refractivity contribution in [2.45, 2.75) is 24.9 Å². The van der Waals surface area contributed by atoms with Crippen molar-refractivity contribution in [3.8, 4) is 0 Å². The van der Waals surface area contributed by atoms with Crippen LogP contribution in [0.25, 0.3) is 0 Å². The molecule has 3 atom stereocenters. The lowest BCUT2D eigenvalue weighted by Crippen LogP contribution is -2.32. The summed E-state index contributed by atoms with van der Waals surface area (Å²) >= 11 is 3.15. The average molecular weight is 306 g/mol. The lowest BCUT2D eigenvalue weighted by molar-refractivity contribution is -0.0530. The van der Waals surface area contributed by atoms with Crippen LogP contribution in [0.4, 0.5) is 5.82 Å². The van der Waals surface area contributed by atoms with Gasteiger partial charge in [0.1, 0.15) is 11.9 Å². The topological polar surface area (TPSA) is 111 Å². The fourth-order valence-corrected chi connectivity index (χ4v) is 2.05. The van der Waals surface area contributed by atoms with Crippen LogP contribution >= 0.6 is 15.9 Å². The van der Waals surface area contributed by atoms with E-state index in [1.807, 2.05) is 0 Å². The van der Waals surface area contributed by atoms with Crippen molar-refractivity contribution in [2.75, 3.05) is 12.3 Å². The molecule has 1 aromatic heterocycles. The number of rotatable bonds is 2. The number of ether oxygens (including phenoxy) is 1. The predicted octanol–water partition coefficient (Wildman–Crippen LogP) is -0.771. The van der Waals surface area contributed by atoms with Crippen molar-refractivity contribution in [3.63, 3.8) is 0 Å². The fraction of sp³-hybridized carbons (Fsp3) is 0.556. The maximum absolute atomic E-state index is 11.6. The SMILES string of the molecule is Nc1nc(=O)n([C@@H]2O[C@H](CO)C[C@H]2O)cc1Br. The molecular weight excluding hydrogens is 294 g/mol. The number of aromatic nitrogens is 2. The van der Waals surface area contributed by atoms with Crippen LogP contribution in [0.3, 0.4) is 0 Å². The Kier molecular flexibility index (Phi) is 3.48. The molecule has 1 aliphatic heterocycles. The standard InChI is InChI=1S/C9H12BrN3O4/c10-5-2-13(9(16)12-7(5)11)8-6(15)1-4(3-14)17-8/h2,4,6,8,14-15H,1,3H2,(H2,11,12,16)/t4-,6+,8+/m0/s1. The van der Waals surface area contributed by atoms with Crippen molar-refractivity contribution in [3.05, 3.63) is 21.2 Å². The maximum atomic E-state index is 11.6. The molecular formula is C9H12BrN3O4. The van der Waals surface area contributed by atoms with E-state index in [2.05, 4.69) is 20.9 Å². The molecule has 0 saturated carbocycles. The summed E-state index contributed by atoms with van der Waals surface area (Å²) in [6, 6.07) is 0. The Morgan fingerprint density at radius 3 is 3.00 bits per heavy atom. The van der Waals surface area contributed by atoms with E-state index < -0.39 is 24.1 Å². The molecule has 17 heavy (non-hydrogen) atoms. The summed E-state index contributed by atoms with van der Waals surface area (Å²) < 4.78 is 6.94. The van der Waals surface area contributed by atoms with E-state index in [0.29, 0.717) is 4.47 Å². The van der Waals surface area contributed by atoms with Crippen LogP contribution in [0.15, 0.2) is 15.5 Å². The van der Waals surface area contributed by atoms with Gasteiger partial charge in [-0.25, -0.2) is 4.79 Å². The van der Waals surface area contributed by atoms with E-state index in [4.69, 9.17) is 15.6 Å². The zero-order chi connectivity index (χ0) is 12.6. The van der Waals surface area contributed by atoms with Crippen molar-refractivity contribution in [1.82, 2.24) is 9.55 Å². The largest absolute Gasteiger partial charge is 0.394 e. The molecule has 0 spiro atoms. The van der Waals surface area contributed by atoms with E-state index in [0.717, 1.165) is 4.57 Å². The van der Waals surface area contributed by atoms with E-state index in [9.17, 15) is 9.90 Å². The third-order valence-corrected chi connectivity index (χ3v) is 3.19. The lowest BCUT2D eigenvalue weighted by Gasteiger charge is -2.17. The van der Waals surface area contributed by atoms with E-state index in [1.165, 1.54) is 6.20 Å². The Bertz CT molecular complexity index is 478. The lowest BCUT2D eigenvalue weighted by atomic mass is 10.2. The fourth-order valence-electron chi connectivity index (χ4n) is 1.74. The number of hydrogen-bond donors (Lipinski definition) is 3. The third kappa shape index (κ3) is 2.34. The molecule has 2 rings (SSSR count). The van der Waals surface area contributed by atoms with Gasteiger partial charge in [0.25, 0.3) is 0 Å². The van der Waals surface area contributed by atoms with Crippen LogP contribution in [0.2, 0.25) is 0 Å². The van der Waals surface area contributed by atoms with Gasteiger partial charge in [-0.05, 0) is 15.9 Å². The number of nitrogens with zero attached hydrogens (tertiary/aromatic N) is 2. The first kappa shape index (κ1) is 12.5. The maximum Gasteiger partial charge on any atom is 0.351 e. The van der Waals surface area contributed by atoms with Crippen molar-refractivity contribution in [2.24, 2.45) is 0 Å². The Labute approximate surface area is 105 Å². The van der Waals surface area contributed by atoms with Crippen LogP contribution in [-0.4, -0.2) is 38.6 Å². The van der Waals surface area contributed by atoms with Crippen LogP contribution in [0.1, 0.15) is 12.6 Å². The minimum Gasteiger partial charge on any atom is -0.394 e. The molecule has 0 bridgehead atoms. The van der Waals surface area contributed by atoms with E-state index in [1.54, 1.807) is 0 Å². The van der Waals surface area contributed by atoms with Gasteiger partial charge in [0.15, 0.2) is 6.23 Å². The van der Waals surface area contributed by atoms with Crippen LogP contribution in [0, 0.1) is 0 Å². The molecule has 4 N–H and O–H groups in total. The highest BCUT2D eigenvalue weighted by Gasteiger charge is 2.35. The smallest absolute Gasteiger partial charge is 0.351 e. The Hall–Kier alpha value is -0.960. The molecule has 94 valence electrons. The summed E-state index contributed by atoms with van der Waals surface area (Å²) in [5, 5.41) is 18.7.